The van der Waals surface area contributed by atoms with Crippen molar-refractivity contribution in [3.8, 4) is 11.5 Å². The topological polar surface area (TPSA) is 69.7 Å². The Labute approximate surface area is 161 Å². The minimum absolute atomic E-state index is 0.172. The Balaban J connectivity index is 1.38. The summed E-state index contributed by atoms with van der Waals surface area (Å²) in [6.45, 7) is 1.35. The van der Waals surface area contributed by atoms with Crippen LogP contribution in [-0.4, -0.2) is 37.3 Å². The van der Waals surface area contributed by atoms with Crippen molar-refractivity contribution in [2.24, 2.45) is 0 Å². The van der Waals surface area contributed by atoms with Gasteiger partial charge in [0.1, 0.15) is 18.1 Å². The summed E-state index contributed by atoms with van der Waals surface area (Å²) in [6, 6.07) is 12.7. The lowest BCUT2D eigenvalue weighted by molar-refractivity contribution is 0.0679. The third-order valence-electron chi connectivity index (χ3n) is 4.39. The van der Waals surface area contributed by atoms with E-state index in [1.165, 1.54) is 11.3 Å². The van der Waals surface area contributed by atoms with Crippen molar-refractivity contribution in [1.29, 1.82) is 0 Å². The number of aromatic nitrogens is 1. The lowest BCUT2D eigenvalue weighted by Crippen LogP contribution is -2.16. The maximum atomic E-state index is 12.5. The predicted molar refractivity (Wildman–Crippen MR) is 105 cm³/mol. The molecule has 0 bridgehead atoms. The summed E-state index contributed by atoms with van der Waals surface area (Å²) < 4.78 is 17.4. The van der Waals surface area contributed by atoms with Gasteiger partial charge in [-0.25, -0.2) is 4.98 Å². The average Bonchev–Trinajstić information content (AvgIpc) is 3.35. The number of carbonyl (C=O) groups excluding carboxylic acids is 1. The SMILES string of the molecule is COc1ccc2nc(NC(=O)c3ccc(OCC4CCCO4)cc3)sc2c1. The van der Waals surface area contributed by atoms with Crippen LogP contribution in [0, 0.1) is 0 Å². The number of fused-ring (bicyclic) bond motifs is 1. The highest BCUT2D eigenvalue weighted by Crippen LogP contribution is 2.29. The smallest absolute Gasteiger partial charge is 0.257 e. The predicted octanol–water partition coefficient (Wildman–Crippen LogP) is 4.12. The number of anilines is 1. The van der Waals surface area contributed by atoms with Crippen LogP contribution in [0.25, 0.3) is 10.2 Å². The van der Waals surface area contributed by atoms with Crippen LogP contribution in [-0.2, 0) is 4.74 Å². The standard InChI is InChI=1S/C20H20N2O4S/c1-24-15-8-9-17-18(11-15)27-20(21-17)22-19(23)13-4-6-14(7-5-13)26-12-16-3-2-10-25-16/h4-9,11,16H,2-3,10,12H2,1H3,(H,21,22,23). The monoisotopic (exact) mass is 384 g/mol. The number of rotatable bonds is 6. The first-order valence-electron chi connectivity index (χ1n) is 8.82. The fraction of sp³-hybridized carbons (Fsp3) is 0.300. The van der Waals surface area contributed by atoms with Crippen molar-refractivity contribution < 1.29 is 19.0 Å². The van der Waals surface area contributed by atoms with Gasteiger partial charge in [0.25, 0.3) is 5.91 Å². The van der Waals surface area contributed by atoms with Crippen LogP contribution in [0.3, 0.4) is 0 Å². The molecule has 1 N–H and O–H groups in total. The summed E-state index contributed by atoms with van der Waals surface area (Å²) >= 11 is 1.41. The van der Waals surface area contributed by atoms with Gasteiger partial charge in [-0.3, -0.25) is 10.1 Å². The number of carbonyl (C=O) groups is 1. The van der Waals surface area contributed by atoms with E-state index >= 15 is 0 Å². The van der Waals surface area contributed by atoms with Crippen LogP contribution < -0.4 is 14.8 Å². The van der Waals surface area contributed by atoms with E-state index in [0.29, 0.717) is 17.3 Å². The second kappa shape index (κ2) is 7.94. The number of thiazole rings is 1. The number of methoxy groups -OCH3 is 1. The first-order valence-corrected chi connectivity index (χ1v) is 9.63. The minimum atomic E-state index is -0.202. The molecule has 1 aliphatic rings. The molecule has 1 aliphatic heterocycles. The summed E-state index contributed by atoms with van der Waals surface area (Å²) in [7, 11) is 1.62. The van der Waals surface area contributed by atoms with E-state index in [1.807, 2.05) is 18.2 Å². The quantitative estimate of drug-likeness (QED) is 0.692. The Hall–Kier alpha value is -2.64. The third-order valence-corrected chi connectivity index (χ3v) is 5.33. The zero-order valence-electron chi connectivity index (χ0n) is 14.9. The van der Waals surface area contributed by atoms with Crippen molar-refractivity contribution in [3.05, 3.63) is 48.0 Å². The van der Waals surface area contributed by atoms with Gasteiger partial charge in [-0.05, 0) is 55.3 Å². The molecule has 1 atom stereocenters. The summed E-state index contributed by atoms with van der Waals surface area (Å²) in [6.07, 6.45) is 2.30. The lowest BCUT2D eigenvalue weighted by atomic mass is 10.2. The number of hydrogen-bond acceptors (Lipinski definition) is 6. The molecule has 0 saturated carbocycles. The summed E-state index contributed by atoms with van der Waals surface area (Å²) in [5.41, 5.74) is 1.38. The lowest BCUT2D eigenvalue weighted by Gasteiger charge is -2.11. The van der Waals surface area contributed by atoms with Crippen molar-refractivity contribution in [2.45, 2.75) is 18.9 Å². The molecule has 2 heterocycles. The third kappa shape index (κ3) is 4.20. The average molecular weight is 384 g/mol. The van der Waals surface area contributed by atoms with Crippen LogP contribution >= 0.6 is 11.3 Å². The second-order valence-corrected chi connectivity index (χ2v) is 7.31. The van der Waals surface area contributed by atoms with E-state index in [2.05, 4.69) is 10.3 Å². The molecule has 0 radical (unpaired) electrons. The number of benzene rings is 2. The largest absolute Gasteiger partial charge is 0.497 e. The van der Waals surface area contributed by atoms with Gasteiger partial charge in [0.15, 0.2) is 5.13 Å². The molecule has 140 valence electrons. The van der Waals surface area contributed by atoms with Gasteiger partial charge in [0.05, 0.1) is 23.4 Å². The second-order valence-electron chi connectivity index (χ2n) is 6.28. The van der Waals surface area contributed by atoms with E-state index in [1.54, 1.807) is 31.4 Å². The van der Waals surface area contributed by atoms with Crippen LogP contribution in [0.15, 0.2) is 42.5 Å². The molecule has 1 amide bonds. The zero-order chi connectivity index (χ0) is 18.6. The molecule has 27 heavy (non-hydrogen) atoms. The van der Waals surface area contributed by atoms with Crippen LogP contribution in [0.1, 0.15) is 23.2 Å². The van der Waals surface area contributed by atoms with Gasteiger partial charge in [0, 0.05) is 12.2 Å². The number of ether oxygens (including phenoxy) is 3. The molecule has 1 aromatic heterocycles. The van der Waals surface area contributed by atoms with Crippen molar-refractivity contribution >= 4 is 32.6 Å². The highest BCUT2D eigenvalue weighted by Gasteiger charge is 2.16. The van der Waals surface area contributed by atoms with Gasteiger partial charge < -0.3 is 14.2 Å². The first kappa shape index (κ1) is 17.8. The maximum absolute atomic E-state index is 12.5. The normalized spacial score (nSPS) is 16.4. The molecule has 3 aromatic rings. The number of nitrogens with one attached hydrogen (secondary N) is 1. The van der Waals surface area contributed by atoms with Gasteiger partial charge in [0.2, 0.25) is 0 Å². The summed E-state index contributed by atoms with van der Waals surface area (Å²) in [5.74, 6) is 1.29. The van der Waals surface area contributed by atoms with Crippen LogP contribution in [0.5, 0.6) is 11.5 Å². The molecular formula is C20H20N2O4S. The number of nitrogens with zero attached hydrogens (tertiary/aromatic N) is 1. The van der Waals surface area contributed by atoms with E-state index in [9.17, 15) is 4.79 Å². The Morgan fingerprint density at radius 3 is 2.81 bits per heavy atom. The molecule has 6 nitrogen and oxygen atoms in total. The van der Waals surface area contributed by atoms with E-state index in [0.717, 1.165) is 41.2 Å². The zero-order valence-corrected chi connectivity index (χ0v) is 15.8. The molecular weight excluding hydrogens is 364 g/mol. The molecule has 1 unspecified atom stereocenters. The molecule has 1 fully saturated rings. The fourth-order valence-corrected chi connectivity index (χ4v) is 3.81. The van der Waals surface area contributed by atoms with E-state index in [4.69, 9.17) is 14.2 Å². The van der Waals surface area contributed by atoms with Gasteiger partial charge in [-0.1, -0.05) is 11.3 Å². The Bertz CT molecular complexity index is 933. The number of amides is 1. The van der Waals surface area contributed by atoms with Crippen molar-refractivity contribution in [1.82, 2.24) is 4.98 Å². The van der Waals surface area contributed by atoms with Crippen molar-refractivity contribution in [2.75, 3.05) is 25.6 Å². The minimum Gasteiger partial charge on any atom is -0.497 e. The van der Waals surface area contributed by atoms with Gasteiger partial charge >= 0.3 is 0 Å². The van der Waals surface area contributed by atoms with E-state index in [-0.39, 0.29) is 12.0 Å². The van der Waals surface area contributed by atoms with Crippen molar-refractivity contribution in [3.63, 3.8) is 0 Å². The molecule has 4 rings (SSSR count). The Morgan fingerprint density at radius 1 is 1.26 bits per heavy atom. The molecule has 2 aromatic carbocycles. The molecule has 7 heteroatoms. The summed E-state index contributed by atoms with van der Waals surface area (Å²) in [5, 5.41) is 3.41. The van der Waals surface area contributed by atoms with Gasteiger partial charge in [-0.15, -0.1) is 0 Å². The van der Waals surface area contributed by atoms with E-state index < -0.39 is 0 Å². The number of hydrogen-bond donors (Lipinski definition) is 1. The molecule has 1 saturated heterocycles. The molecule has 0 spiro atoms. The maximum Gasteiger partial charge on any atom is 0.257 e. The Morgan fingerprint density at radius 2 is 2.07 bits per heavy atom. The Kier molecular flexibility index (Phi) is 5.22. The van der Waals surface area contributed by atoms with Crippen LogP contribution in [0.2, 0.25) is 0 Å². The molecule has 0 aliphatic carbocycles. The van der Waals surface area contributed by atoms with Gasteiger partial charge in [-0.2, -0.15) is 0 Å². The highest BCUT2D eigenvalue weighted by molar-refractivity contribution is 7.22. The highest BCUT2D eigenvalue weighted by atomic mass is 32.1. The first-order chi connectivity index (χ1) is 13.2. The summed E-state index contributed by atoms with van der Waals surface area (Å²) in [4.78, 5) is 16.9. The fourth-order valence-electron chi connectivity index (χ4n) is 2.92. The van der Waals surface area contributed by atoms with Crippen LogP contribution in [0.4, 0.5) is 5.13 Å².